The second-order valence-corrected chi connectivity index (χ2v) is 4.99. The van der Waals surface area contributed by atoms with Gasteiger partial charge in [0.25, 0.3) is 0 Å². The Labute approximate surface area is 110 Å². The van der Waals surface area contributed by atoms with E-state index >= 15 is 0 Å². The number of rotatable bonds is 8. The summed E-state index contributed by atoms with van der Waals surface area (Å²) in [6.45, 7) is 3.66. The van der Waals surface area contributed by atoms with Crippen LogP contribution in [0.15, 0.2) is 21.2 Å². The smallest absolute Gasteiger partial charge is 0.303 e. The number of carbonyl (C=O) groups is 1. The number of furan rings is 1. The Morgan fingerprint density at radius 3 is 2.88 bits per heavy atom. The second kappa shape index (κ2) is 7.50. The summed E-state index contributed by atoms with van der Waals surface area (Å²) in [4.78, 5) is 10.4. The number of aliphatic carboxylic acids is 1. The van der Waals surface area contributed by atoms with Crippen LogP contribution >= 0.6 is 15.9 Å². The Kier molecular flexibility index (Phi) is 6.29. The molecule has 0 spiro atoms. The fourth-order valence-electron chi connectivity index (χ4n) is 1.52. The molecule has 0 bridgehead atoms. The van der Waals surface area contributed by atoms with E-state index in [1.165, 1.54) is 0 Å². The van der Waals surface area contributed by atoms with E-state index in [0.29, 0.717) is 12.5 Å². The van der Waals surface area contributed by atoms with E-state index in [0.717, 1.165) is 29.8 Å². The first-order valence-corrected chi connectivity index (χ1v) is 6.54. The quantitative estimate of drug-likeness (QED) is 0.725. The predicted molar refractivity (Wildman–Crippen MR) is 68.8 cm³/mol. The predicted octanol–water partition coefficient (Wildman–Crippen LogP) is 3.02. The van der Waals surface area contributed by atoms with Gasteiger partial charge in [0.05, 0.1) is 6.54 Å². The molecule has 17 heavy (non-hydrogen) atoms. The minimum atomic E-state index is -0.717. The average Bonchev–Trinajstić information content (AvgIpc) is 2.68. The summed E-state index contributed by atoms with van der Waals surface area (Å²) >= 11 is 3.25. The Balaban J connectivity index is 2.05. The SMILES string of the molecule is CC(CCNCc1ccc(Br)o1)CCC(=O)O. The normalized spacial score (nSPS) is 12.6. The third kappa shape index (κ3) is 6.48. The number of nitrogens with one attached hydrogen (secondary N) is 1. The first kappa shape index (κ1) is 14.3. The Morgan fingerprint density at radius 1 is 1.53 bits per heavy atom. The molecule has 1 heterocycles. The van der Waals surface area contributed by atoms with E-state index in [1.807, 2.05) is 12.1 Å². The second-order valence-electron chi connectivity index (χ2n) is 4.21. The highest BCUT2D eigenvalue weighted by molar-refractivity contribution is 9.10. The molecular weight excluding hydrogens is 286 g/mol. The van der Waals surface area contributed by atoms with E-state index in [4.69, 9.17) is 9.52 Å². The van der Waals surface area contributed by atoms with Gasteiger partial charge in [0.15, 0.2) is 4.67 Å². The van der Waals surface area contributed by atoms with E-state index < -0.39 is 5.97 Å². The molecule has 0 saturated carbocycles. The zero-order chi connectivity index (χ0) is 12.7. The topological polar surface area (TPSA) is 62.5 Å². The fraction of sp³-hybridized carbons (Fsp3) is 0.583. The third-order valence-electron chi connectivity index (χ3n) is 2.59. The van der Waals surface area contributed by atoms with Gasteiger partial charge in [0, 0.05) is 6.42 Å². The lowest BCUT2D eigenvalue weighted by molar-refractivity contribution is -0.137. The zero-order valence-electron chi connectivity index (χ0n) is 9.91. The van der Waals surface area contributed by atoms with Gasteiger partial charge in [-0.1, -0.05) is 6.92 Å². The van der Waals surface area contributed by atoms with Gasteiger partial charge < -0.3 is 14.8 Å². The van der Waals surface area contributed by atoms with Crippen molar-refractivity contribution in [1.29, 1.82) is 0 Å². The van der Waals surface area contributed by atoms with Crippen LogP contribution in [0.5, 0.6) is 0 Å². The van der Waals surface area contributed by atoms with Crippen molar-refractivity contribution in [2.45, 2.75) is 32.7 Å². The molecule has 1 unspecified atom stereocenters. The van der Waals surface area contributed by atoms with Gasteiger partial charge in [-0.05, 0) is 53.4 Å². The van der Waals surface area contributed by atoms with Crippen molar-refractivity contribution in [3.63, 3.8) is 0 Å². The summed E-state index contributed by atoms with van der Waals surface area (Å²) < 4.78 is 6.09. The van der Waals surface area contributed by atoms with Gasteiger partial charge >= 0.3 is 5.97 Å². The molecule has 4 nitrogen and oxygen atoms in total. The van der Waals surface area contributed by atoms with Crippen molar-refractivity contribution in [3.05, 3.63) is 22.6 Å². The van der Waals surface area contributed by atoms with Crippen molar-refractivity contribution >= 4 is 21.9 Å². The van der Waals surface area contributed by atoms with Crippen LogP contribution in [-0.2, 0) is 11.3 Å². The lowest BCUT2D eigenvalue weighted by Gasteiger charge is -2.09. The number of carboxylic acids is 1. The third-order valence-corrected chi connectivity index (χ3v) is 3.02. The molecule has 1 aromatic rings. The minimum absolute atomic E-state index is 0.256. The highest BCUT2D eigenvalue weighted by atomic mass is 79.9. The van der Waals surface area contributed by atoms with Crippen LogP contribution < -0.4 is 5.32 Å². The van der Waals surface area contributed by atoms with Crippen molar-refractivity contribution < 1.29 is 14.3 Å². The summed E-state index contributed by atoms with van der Waals surface area (Å²) in [5.74, 6) is 0.613. The average molecular weight is 304 g/mol. The summed E-state index contributed by atoms with van der Waals surface area (Å²) in [6, 6.07) is 3.79. The van der Waals surface area contributed by atoms with Crippen molar-refractivity contribution in [2.24, 2.45) is 5.92 Å². The molecule has 0 aliphatic heterocycles. The van der Waals surface area contributed by atoms with E-state index in [1.54, 1.807) is 0 Å². The maximum absolute atomic E-state index is 10.4. The lowest BCUT2D eigenvalue weighted by Crippen LogP contribution is -2.17. The molecule has 5 heteroatoms. The van der Waals surface area contributed by atoms with Crippen LogP contribution in [0, 0.1) is 5.92 Å². The van der Waals surface area contributed by atoms with Crippen molar-refractivity contribution in [3.8, 4) is 0 Å². The number of hydrogen-bond acceptors (Lipinski definition) is 3. The highest BCUT2D eigenvalue weighted by Crippen LogP contribution is 2.14. The molecule has 0 aliphatic carbocycles. The molecule has 0 saturated heterocycles. The lowest BCUT2D eigenvalue weighted by atomic mass is 10.0. The van der Waals surface area contributed by atoms with Gasteiger partial charge in [0.1, 0.15) is 5.76 Å². The molecule has 0 fully saturated rings. The summed E-state index contributed by atoms with van der Waals surface area (Å²) in [5, 5.41) is 11.8. The van der Waals surface area contributed by atoms with Crippen LogP contribution in [0.25, 0.3) is 0 Å². The van der Waals surface area contributed by atoms with E-state index in [2.05, 4.69) is 28.2 Å². The standard InChI is InChI=1S/C12H18BrNO3/c1-9(2-5-12(15)16)6-7-14-8-10-3-4-11(13)17-10/h3-4,9,14H,2,5-8H2,1H3,(H,15,16). The van der Waals surface area contributed by atoms with Gasteiger partial charge in [-0.2, -0.15) is 0 Å². The molecule has 0 amide bonds. The molecule has 1 aromatic heterocycles. The maximum Gasteiger partial charge on any atom is 0.303 e. The largest absolute Gasteiger partial charge is 0.481 e. The van der Waals surface area contributed by atoms with Crippen LogP contribution in [0.4, 0.5) is 0 Å². The number of hydrogen-bond donors (Lipinski definition) is 2. The van der Waals surface area contributed by atoms with Crippen LogP contribution in [0.1, 0.15) is 31.9 Å². The first-order valence-electron chi connectivity index (χ1n) is 5.74. The van der Waals surface area contributed by atoms with Gasteiger partial charge in [-0.3, -0.25) is 4.79 Å². The Morgan fingerprint density at radius 2 is 2.29 bits per heavy atom. The van der Waals surface area contributed by atoms with Crippen LogP contribution in [-0.4, -0.2) is 17.6 Å². The minimum Gasteiger partial charge on any atom is -0.481 e. The molecule has 0 aromatic carbocycles. The summed E-state index contributed by atoms with van der Waals surface area (Å²) in [7, 11) is 0. The van der Waals surface area contributed by atoms with E-state index in [-0.39, 0.29) is 6.42 Å². The summed E-state index contributed by atoms with van der Waals surface area (Å²) in [6.07, 6.45) is 1.98. The fourth-order valence-corrected chi connectivity index (χ4v) is 1.86. The molecule has 96 valence electrons. The Hall–Kier alpha value is -0.810. The highest BCUT2D eigenvalue weighted by Gasteiger charge is 2.05. The number of halogens is 1. The molecule has 1 atom stereocenters. The number of carboxylic acid groups (broad SMARTS) is 1. The molecule has 2 N–H and O–H groups in total. The monoisotopic (exact) mass is 303 g/mol. The van der Waals surface area contributed by atoms with Gasteiger partial charge in [-0.15, -0.1) is 0 Å². The van der Waals surface area contributed by atoms with Crippen LogP contribution in [0.3, 0.4) is 0 Å². The molecule has 0 radical (unpaired) electrons. The van der Waals surface area contributed by atoms with Crippen molar-refractivity contribution in [2.75, 3.05) is 6.54 Å². The first-order chi connectivity index (χ1) is 8.08. The maximum atomic E-state index is 10.4. The van der Waals surface area contributed by atoms with Gasteiger partial charge in [0.2, 0.25) is 0 Å². The molecule has 1 rings (SSSR count). The van der Waals surface area contributed by atoms with E-state index in [9.17, 15) is 4.79 Å². The van der Waals surface area contributed by atoms with Crippen molar-refractivity contribution in [1.82, 2.24) is 5.32 Å². The van der Waals surface area contributed by atoms with Gasteiger partial charge in [-0.25, -0.2) is 0 Å². The molecule has 0 aliphatic rings. The zero-order valence-corrected chi connectivity index (χ0v) is 11.5. The summed E-state index contributed by atoms with van der Waals surface area (Å²) in [5.41, 5.74) is 0. The van der Waals surface area contributed by atoms with Crippen LogP contribution in [0.2, 0.25) is 0 Å². The Bertz CT molecular complexity index is 351. The molecular formula is C12H18BrNO3.